The molecule has 2 aliphatic heterocycles. The number of carbonyl (C=O) groups is 1. The monoisotopic (exact) mass is 447 g/mol. The van der Waals surface area contributed by atoms with E-state index in [-0.39, 0.29) is 41.1 Å². The van der Waals surface area contributed by atoms with Crippen molar-refractivity contribution in [3.05, 3.63) is 59.4 Å². The third kappa shape index (κ3) is 4.52. The van der Waals surface area contributed by atoms with Gasteiger partial charge in [0, 0.05) is 16.6 Å². The van der Waals surface area contributed by atoms with Crippen molar-refractivity contribution in [2.75, 3.05) is 28.3 Å². The van der Waals surface area contributed by atoms with Gasteiger partial charge < -0.3 is 10.2 Å². The number of anilines is 2. The lowest BCUT2D eigenvalue weighted by Gasteiger charge is -2.25. The van der Waals surface area contributed by atoms with Crippen LogP contribution in [0.15, 0.2) is 47.5 Å². The Bertz CT molecular complexity index is 1120. The van der Waals surface area contributed by atoms with E-state index in [1.165, 1.54) is 36.0 Å². The standard InChI is InChI=1S/C21H22FN3O3S2/c1-13-3-8-17(9-14(13)2)25(10-20(26)23-16-6-4-15(22)5-7-16)21-24-18-11-30(27,28)12-19(18)29-21/h3-9,18-19H,10-12H2,1-2H3,(H,23,26)/t18-,19-/m0/s1. The molecule has 1 N–H and O–H groups in total. The van der Waals surface area contributed by atoms with E-state index in [1.807, 2.05) is 36.9 Å². The summed E-state index contributed by atoms with van der Waals surface area (Å²) in [5.41, 5.74) is 3.55. The van der Waals surface area contributed by atoms with Gasteiger partial charge in [0.05, 0.1) is 17.5 Å². The van der Waals surface area contributed by atoms with E-state index in [9.17, 15) is 17.6 Å². The maximum atomic E-state index is 13.1. The first-order valence-electron chi connectivity index (χ1n) is 9.55. The number of nitrogens with one attached hydrogen (secondary N) is 1. The van der Waals surface area contributed by atoms with Crippen molar-refractivity contribution in [2.24, 2.45) is 4.99 Å². The molecule has 4 rings (SSSR count). The van der Waals surface area contributed by atoms with Crippen LogP contribution in [0.1, 0.15) is 11.1 Å². The Morgan fingerprint density at radius 3 is 2.57 bits per heavy atom. The van der Waals surface area contributed by atoms with Gasteiger partial charge in [-0.15, -0.1) is 0 Å². The van der Waals surface area contributed by atoms with Crippen molar-refractivity contribution >= 4 is 44.0 Å². The number of hydrogen-bond donors (Lipinski definition) is 1. The minimum atomic E-state index is -3.06. The SMILES string of the molecule is Cc1ccc(N(CC(=O)Nc2ccc(F)cc2)C2=N[C@H]3CS(=O)(=O)C[C@@H]3S2)cc1C. The number of hydrogen-bond acceptors (Lipinski definition) is 6. The van der Waals surface area contributed by atoms with Gasteiger partial charge in [0.25, 0.3) is 0 Å². The first-order chi connectivity index (χ1) is 14.2. The lowest BCUT2D eigenvalue weighted by molar-refractivity contribution is -0.114. The smallest absolute Gasteiger partial charge is 0.244 e. The molecule has 0 radical (unpaired) electrons. The predicted octanol–water partition coefficient (Wildman–Crippen LogP) is 3.16. The average molecular weight is 448 g/mol. The molecule has 0 unspecified atom stereocenters. The van der Waals surface area contributed by atoms with Crippen molar-refractivity contribution in [2.45, 2.75) is 25.1 Å². The number of carbonyl (C=O) groups excluding carboxylic acids is 1. The molecule has 2 atom stereocenters. The molecule has 0 aliphatic carbocycles. The fourth-order valence-electron chi connectivity index (χ4n) is 3.51. The molecule has 1 saturated heterocycles. The summed E-state index contributed by atoms with van der Waals surface area (Å²) in [5, 5.41) is 3.31. The number of benzene rings is 2. The second-order valence-corrected chi connectivity index (χ2v) is 11.0. The molecule has 2 heterocycles. The van der Waals surface area contributed by atoms with E-state index >= 15 is 0 Å². The number of thioether (sulfide) groups is 1. The van der Waals surface area contributed by atoms with Crippen LogP contribution in [0.4, 0.5) is 15.8 Å². The summed E-state index contributed by atoms with van der Waals surface area (Å²) in [6.45, 7) is 4.03. The van der Waals surface area contributed by atoms with Crippen molar-refractivity contribution in [1.29, 1.82) is 0 Å². The zero-order valence-corrected chi connectivity index (χ0v) is 18.3. The van der Waals surface area contributed by atoms with Crippen LogP contribution in [-0.2, 0) is 14.6 Å². The quantitative estimate of drug-likeness (QED) is 0.779. The van der Waals surface area contributed by atoms with Gasteiger partial charge in [0.2, 0.25) is 5.91 Å². The average Bonchev–Trinajstić information content (AvgIpc) is 3.17. The molecule has 9 heteroatoms. The van der Waals surface area contributed by atoms with Crippen LogP contribution in [0.2, 0.25) is 0 Å². The summed E-state index contributed by atoms with van der Waals surface area (Å²) in [6.07, 6.45) is 0. The van der Waals surface area contributed by atoms with Gasteiger partial charge in [-0.2, -0.15) is 0 Å². The topological polar surface area (TPSA) is 78.8 Å². The Kier molecular flexibility index (Phi) is 5.59. The molecule has 158 valence electrons. The number of aliphatic imine (C=N–C) groups is 1. The molecule has 30 heavy (non-hydrogen) atoms. The lowest BCUT2D eigenvalue weighted by Crippen LogP contribution is -2.36. The highest BCUT2D eigenvalue weighted by molar-refractivity contribution is 8.15. The molecule has 6 nitrogen and oxygen atoms in total. The van der Waals surface area contributed by atoms with Crippen LogP contribution >= 0.6 is 11.8 Å². The Balaban J connectivity index is 1.58. The Morgan fingerprint density at radius 2 is 1.90 bits per heavy atom. The van der Waals surface area contributed by atoms with E-state index in [4.69, 9.17) is 0 Å². The highest BCUT2D eigenvalue weighted by Gasteiger charge is 2.44. The third-order valence-electron chi connectivity index (χ3n) is 5.27. The summed E-state index contributed by atoms with van der Waals surface area (Å²) < 4.78 is 36.9. The van der Waals surface area contributed by atoms with Crippen LogP contribution < -0.4 is 10.2 Å². The van der Waals surface area contributed by atoms with Crippen molar-refractivity contribution < 1.29 is 17.6 Å². The minimum Gasteiger partial charge on any atom is -0.325 e. The van der Waals surface area contributed by atoms with Crippen molar-refractivity contribution in [3.8, 4) is 0 Å². The summed E-state index contributed by atoms with van der Waals surface area (Å²) in [7, 11) is -3.06. The van der Waals surface area contributed by atoms with Crippen LogP contribution in [0.5, 0.6) is 0 Å². The molecule has 0 bridgehead atoms. The zero-order chi connectivity index (χ0) is 21.5. The second-order valence-electron chi connectivity index (χ2n) is 7.62. The van der Waals surface area contributed by atoms with Gasteiger partial charge in [0.1, 0.15) is 12.4 Å². The highest BCUT2D eigenvalue weighted by Crippen LogP contribution is 2.37. The Hall–Kier alpha value is -2.39. The molecular weight excluding hydrogens is 425 g/mol. The van der Waals surface area contributed by atoms with Crippen molar-refractivity contribution in [3.63, 3.8) is 0 Å². The van der Waals surface area contributed by atoms with Crippen LogP contribution in [0.3, 0.4) is 0 Å². The Labute approximate surface area is 179 Å². The van der Waals surface area contributed by atoms with Crippen LogP contribution in [0.25, 0.3) is 0 Å². The van der Waals surface area contributed by atoms with Crippen molar-refractivity contribution in [1.82, 2.24) is 0 Å². The zero-order valence-electron chi connectivity index (χ0n) is 16.6. The highest BCUT2D eigenvalue weighted by atomic mass is 32.2. The lowest BCUT2D eigenvalue weighted by atomic mass is 10.1. The third-order valence-corrected chi connectivity index (χ3v) is 8.52. The van der Waals surface area contributed by atoms with Gasteiger partial charge >= 0.3 is 0 Å². The largest absolute Gasteiger partial charge is 0.325 e. The number of aryl methyl sites for hydroxylation is 2. The Morgan fingerprint density at radius 1 is 1.17 bits per heavy atom. The van der Waals surface area contributed by atoms with Gasteiger partial charge in [0.15, 0.2) is 15.0 Å². The van der Waals surface area contributed by atoms with Gasteiger partial charge in [-0.3, -0.25) is 9.79 Å². The number of fused-ring (bicyclic) bond motifs is 1. The van der Waals surface area contributed by atoms with Crippen LogP contribution in [0, 0.1) is 19.7 Å². The predicted molar refractivity (Wildman–Crippen MR) is 120 cm³/mol. The van der Waals surface area contributed by atoms with E-state index in [1.54, 1.807) is 0 Å². The molecule has 1 amide bonds. The molecule has 0 saturated carbocycles. The first-order valence-corrected chi connectivity index (χ1v) is 12.3. The second kappa shape index (κ2) is 8.03. The summed E-state index contributed by atoms with van der Waals surface area (Å²) in [6, 6.07) is 11.2. The number of nitrogens with zero attached hydrogens (tertiary/aromatic N) is 2. The summed E-state index contributed by atoms with van der Waals surface area (Å²) >= 11 is 1.41. The van der Waals surface area contributed by atoms with Gasteiger partial charge in [-0.25, -0.2) is 12.8 Å². The fraction of sp³-hybridized carbons (Fsp3) is 0.333. The molecular formula is C21H22FN3O3S2. The molecule has 2 aliphatic rings. The van der Waals surface area contributed by atoms with Gasteiger partial charge in [-0.1, -0.05) is 17.8 Å². The molecule has 1 fully saturated rings. The summed E-state index contributed by atoms with van der Waals surface area (Å²) in [4.78, 5) is 19.2. The normalized spacial score (nSPS) is 21.8. The maximum Gasteiger partial charge on any atom is 0.244 e. The molecule has 0 aromatic heterocycles. The minimum absolute atomic E-state index is 0.0118. The van der Waals surface area contributed by atoms with E-state index in [0.29, 0.717) is 10.9 Å². The van der Waals surface area contributed by atoms with E-state index in [2.05, 4.69) is 10.3 Å². The number of sulfone groups is 1. The number of halogens is 1. The fourth-order valence-corrected chi connectivity index (χ4v) is 7.29. The first kappa shape index (κ1) is 20.9. The van der Waals surface area contributed by atoms with E-state index < -0.39 is 9.84 Å². The number of amidine groups is 1. The number of rotatable bonds is 4. The number of amides is 1. The van der Waals surface area contributed by atoms with Crippen LogP contribution in [-0.4, -0.2) is 48.8 Å². The van der Waals surface area contributed by atoms with Gasteiger partial charge in [-0.05, 0) is 61.4 Å². The summed E-state index contributed by atoms with van der Waals surface area (Å²) in [5.74, 6) is -0.482. The maximum absolute atomic E-state index is 13.1. The molecule has 0 spiro atoms. The molecule has 2 aromatic rings. The molecule has 2 aromatic carbocycles. The van der Waals surface area contributed by atoms with E-state index in [0.717, 1.165) is 16.8 Å².